The number of rotatable bonds is 3. The molecular weight excluding hydrogens is 372 g/mol. The quantitative estimate of drug-likeness (QED) is 0.766. The molecule has 0 bridgehead atoms. The van der Waals surface area contributed by atoms with E-state index in [1.54, 1.807) is 6.20 Å². The molecule has 148 valence electrons. The van der Waals surface area contributed by atoms with E-state index in [0.29, 0.717) is 5.56 Å². The van der Waals surface area contributed by atoms with Gasteiger partial charge in [-0.15, -0.1) is 0 Å². The fourth-order valence-corrected chi connectivity index (χ4v) is 4.36. The predicted octanol–water partition coefficient (Wildman–Crippen LogP) is 4.45. The average molecular weight is 399 g/mol. The third-order valence-electron chi connectivity index (χ3n) is 5.85. The number of amides is 1. The molecular formula is C22H27ClN4O. The van der Waals surface area contributed by atoms with Crippen LogP contribution in [0.5, 0.6) is 0 Å². The number of hydrogen-bond donors (Lipinski definition) is 0. The first kappa shape index (κ1) is 19.2. The van der Waals surface area contributed by atoms with Crippen LogP contribution in [-0.4, -0.2) is 47.0 Å². The van der Waals surface area contributed by atoms with E-state index in [2.05, 4.69) is 22.0 Å². The van der Waals surface area contributed by atoms with E-state index in [0.717, 1.165) is 68.4 Å². The average Bonchev–Trinajstić information content (AvgIpc) is 2.74. The maximum Gasteiger partial charge on any atom is 0.257 e. The second kappa shape index (κ2) is 8.48. The van der Waals surface area contributed by atoms with Crippen LogP contribution in [0.25, 0.3) is 0 Å². The second-order valence-electron chi connectivity index (χ2n) is 7.84. The Balaban J connectivity index is 1.48. The molecule has 2 aromatic rings. The number of carbonyl (C=O) groups excluding carboxylic acids is 1. The Morgan fingerprint density at radius 2 is 1.82 bits per heavy atom. The second-order valence-corrected chi connectivity index (χ2v) is 8.28. The number of aryl methyl sites for hydroxylation is 1. The Bertz CT molecular complexity index is 833. The van der Waals surface area contributed by atoms with Gasteiger partial charge in [0.05, 0.1) is 11.3 Å². The molecule has 2 saturated heterocycles. The summed E-state index contributed by atoms with van der Waals surface area (Å²) in [6.45, 7) is 5.54. The molecule has 2 aliphatic rings. The first-order chi connectivity index (χ1) is 13.6. The molecule has 0 N–H and O–H groups in total. The molecule has 2 fully saturated rings. The monoisotopic (exact) mass is 398 g/mol. The Kier molecular flexibility index (Phi) is 5.81. The fourth-order valence-electron chi connectivity index (χ4n) is 4.23. The van der Waals surface area contributed by atoms with Gasteiger partial charge >= 0.3 is 0 Å². The number of likely N-dealkylation sites (tertiary alicyclic amines) is 1. The van der Waals surface area contributed by atoms with Gasteiger partial charge in [-0.05, 0) is 63.3 Å². The molecule has 0 spiro atoms. The van der Waals surface area contributed by atoms with E-state index in [-0.39, 0.29) is 11.8 Å². The third-order valence-corrected chi connectivity index (χ3v) is 6.10. The highest BCUT2D eigenvalue weighted by molar-refractivity contribution is 6.30. The maximum atomic E-state index is 12.8. The van der Waals surface area contributed by atoms with Crippen molar-refractivity contribution in [1.29, 1.82) is 0 Å². The Hall–Kier alpha value is -2.14. The van der Waals surface area contributed by atoms with Gasteiger partial charge in [0, 0.05) is 49.0 Å². The number of piperidine rings is 2. The van der Waals surface area contributed by atoms with Crippen molar-refractivity contribution in [3.63, 3.8) is 0 Å². The van der Waals surface area contributed by atoms with E-state index in [1.165, 1.54) is 12.1 Å². The van der Waals surface area contributed by atoms with Crippen LogP contribution in [0.2, 0.25) is 5.02 Å². The fraction of sp³-hybridized carbons (Fsp3) is 0.500. The summed E-state index contributed by atoms with van der Waals surface area (Å²) in [6, 6.07) is 8.00. The number of benzene rings is 1. The lowest BCUT2D eigenvalue weighted by molar-refractivity contribution is 0.0722. The van der Waals surface area contributed by atoms with E-state index >= 15 is 0 Å². The Morgan fingerprint density at radius 3 is 2.54 bits per heavy atom. The molecule has 1 aromatic carbocycles. The highest BCUT2D eigenvalue weighted by Crippen LogP contribution is 2.29. The van der Waals surface area contributed by atoms with Crippen LogP contribution in [0.15, 0.2) is 30.5 Å². The maximum absolute atomic E-state index is 12.8. The summed E-state index contributed by atoms with van der Waals surface area (Å²) < 4.78 is 0. The topological polar surface area (TPSA) is 49.3 Å². The van der Waals surface area contributed by atoms with Crippen molar-refractivity contribution in [2.24, 2.45) is 0 Å². The molecule has 1 amide bonds. The summed E-state index contributed by atoms with van der Waals surface area (Å²) in [5.74, 6) is 1.21. The van der Waals surface area contributed by atoms with Crippen LogP contribution in [0.4, 0.5) is 5.69 Å². The lowest BCUT2D eigenvalue weighted by atomic mass is 9.96. The largest absolute Gasteiger partial charge is 0.371 e. The molecule has 0 saturated carbocycles. The predicted molar refractivity (Wildman–Crippen MR) is 112 cm³/mol. The van der Waals surface area contributed by atoms with E-state index < -0.39 is 0 Å². The summed E-state index contributed by atoms with van der Waals surface area (Å²) in [4.78, 5) is 26.5. The molecule has 3 heterocycles. The van der Waals surface area contributed by atoms with Crippen molar-refractivity contribution in [3.8, 4) is 0 Å². The molecule has 0 unspecified atom stereocenters. The number of halogens is 1. The highest BCUT2D eigenvalue weighted by Gasteiger charge is 2.26. The summed E-state index contributed by atoms with van der Waals surface area (Å²) in [7, 11) is 0. The minimum atomic E-state index is 0.0789. The SMILES string of the molecule is Cc1nc([C@@H]2CCCN(c3ccc(Cl)cc3)C2)ncc1C(=O)N1CCCCC1. The van der Waals surface area contributed by atoms with Gasteiger partial charge in [-0.25, -0.2) is 9.97 Å². The number of carbonyl (C=O) groups is 1. The number of nitrogens with zero attached hydrogens (tertiary/aromatic N) is 4. The zero-order valence-corrected chi connectivity index (χ0v) is 17.2. The summed E-state index contributed by atoms with van der Waals surface area (Å²) in [5, 5.41) is 0.755. The molecule has 1 aromatic heterocycles. The van der Waals surface area contributed by atoms with E-state index in [4.69, 9.17) is 16.6 Å². The standard InChI is InChI=1S/C22H27ClN4O/c1-16-20(22(28)26-11-3-2-4-12-26)14-24-21(25-16)17-6-5-13-27(15-17)19-9-7-18(23)8-10-19/h7-10,14,17H,2-6,11-13,15H2,1H3/t17-/m1/s1. The number of aromatic nitrogens is 2. The van der Waals surface area contributed by atoms with Crippen LogP contribution in [0.3, 0.4) is 0 Å². The van der Waals surface area contributed by atoms with Gasteiger partial charge in [0.15, 0.2) is 0 Å². The first-order valence-corrected chi connectivity index (χ1v) is 10.6. The lowest BCUT2D eigenvalue weighted by Crippen LogP contribution is -2.37. The Morgan fingerprint density at radius 1 is 1.07 bits per heavy atom. The normalized spacial score (nSPS) is 20.3. The van der Waals surface area contributed by atoms with Crippen molar-refractivity contribution in [2.75, 3.05) is 31.1 Å². The summed E-state index contributed by atoms with van der Waals surface area (Å²) >= 11 is 6.02. The molecule has 4 rings (SSSR count). The summed E-state index contributed by atoms with van der Waals surface area (Å²) in [6.07, 6.45) is 7.31. The van der Waals surface area contributed by atoms with Crippen molar-refractivity contribution in [3.05, 3.63) is 52.6 Å². The molecule has 0 aliphatic carbocycles. The van der Waals surface area contributed by atoms with Gasteiger partial charge in [-0.1, -0.05) is 11.6 Å². The first-order valence-electron chi connectivity index (χ1n) is 10.2. The molecule has 6 heteroatoms. The van der Waals surface area contributed by atoms with E-state index in [1.807, 2.05) is 24.0 Å². The van der Waals surface area contributed by atoms with Crippen molar-refractivity contribution < 1.29 is 4.79 Å². The lowest BCUT2D eigenvalue weighted by Gasteiger charge is -2.34. The van der Waals surface area contributed by atoms with Crippen molar-refractivity contribution >= 4 is 23.2 Å². The van der Waals surface area contributed by atoms with Crippen LogP contribution >= 0.6 is 11.6 Å². The van der Waals surface area contributed by atoms with Gasteiger partial charge < -0.3 is 9.80 Å². The Labute approximate surface area is 171 Å². The van der Waals surface area contributed by atoms with Gasteiger partial charge in [0.1, 0.15) is 5.82 Å². The molecule has 28 heavy (non-hydrogen) atoms. The van der Waals surface area contributed by atoms with Crippen molar-refractivity contribution in [2.45, 2.75) is 44.9 Å². The van der Waals surface area contributed by atoms with Gasteiger partial charge in [0.25, 0.3) is 5.91 Å². The minimum Gasteiger partial charge on any atom is -0.371 e. The van der Waals surface area contributed by atoms with Crippen molar-refractivity contribution in [1.82, 2.24) is 14.9 Å². The zero-order valence-electron chi connectivity index (χ0n) is 16.4. The molecule has 5 nitrogen and oxygen atoms in total. The van der Waals surface area contributed by atoms with Crippen LogP contribution in [0, 0.1) is 6.92 Å². The van der Waals surface area contributed by atoms with Gasteiger partial charge in [-0.3, -0.25) is 4.79 Å². The van der Waals surface area contributed by atoms with E-state index in [9.17, 15) is 4.79 Å². The van der Waals surface area contributed by atoms with Crippen LogP contribution in [-0.2, 0) is 0 Å². The van der Waals surface area contributed by atoms with Gasteiger partial charge in [-0.2, -0.15) is 0 Å². The van der Waals surface area contributed by atoms with Gasteiger partial charge in [0.2, 0.25) is 0 Å². The smallest absolute Gasteiger partial charge is 0.257 e. The third kappa shape index (κ3) is 4.14. The molecule has 1 atom stereocenters. The number of anilines is 1. The van der Waals surface area contributed by atoms with Crippen LogP contribution < -0.4 is 4.90 Å². The zero-order chi connectivity index (χ0) is 19.5. The number of hydrogen-bond acceptors (Lipinski definition) is 4. The minimum absolute atomic E-state index is 0.0789. The molecule has 0 radical (unpaired) electrons. The molecule has 2 aliphatic heterocycles. The highest BCUT2D eigenvalue weighted by atomic mass is 35.5. The summed E-state index contributed by atoms with van der Waals surface area (Å²) in [5.41, 5.74) is 2.63. The van der Waals surface area contributed by atoms with Crippen LogP contribution in [0.1, 0.15) is 59.9 Å².